The van der Waals surface area contributed by atoms with E-state index in [0.717, 1.165) is 23.3 Å². The van der Waals surface area contributed by atoms with Crippen LogP contribution in [-0.2, 0) is 5.54 Å². The summed E-state index contributed by atoms with van der Waals surface area (Å²) in [5.41, 5.74) is 8.36. The van der Waals surface area contributed by atoms with Gasteiger partial charge in [0.25, 0.3) is 0 Å². The summed E-state index contributed by atoms with van der Waals surface area (Å²) in [4.78, 5) is 9.06. The molecule has 4 heteroatoms. The Morgan fingerprint density at radius 2 is 1.86 bits per heavy atom. The fraction of sp³-hybridized carbons (Fsp3) is 0.647. The number of pyridine rings is 1. The van der Waals surface area contributed by atoms with E-state index >= 15 is 0 Å². The van der Waals surface area contributed by atoms with Crippen molar-refractivity contribution in [1.29, 1.82) is 0 Å². The van der Waals surface area contributed by atoms with E-state index in [1.807, 2.05) is 18.5 Å². The first-order valence-electron chi connectivity index (χ1n) is 7.66. The molecular weight excluding hydrogens is 260 g/mol. The highest BCUT2D eigenvalue weighted by Crippen LogP contribution is 2.34. The van der Waals surface area contributed by atoms with Crippen molar-refractivity contribution in [3.8, 4) is 0 Å². The smallest absolute Gasteiger partial charge is 0.114 e. The summed E-state index contributed by atoms with van der Waals surface area (Å²) < 4.78 is 2.33. The molecular formula is C17H28N4. The van der Waals surface area contributed by atoms with Crippen molar-refractivity contribution in [3.05, 3.63) is 24.3 Å². The van der Waals surface area contributed by atoms with Crippen LogP contribution in [0.2, 0.25) is 0 Å². The van der Waals surface area contributed by atoms with Crippen LogP contribution in [0.15, 0.2) is 18.5 Å². The fourth-order valence-corrected chi connectivity index (χ4v) is 2.95. The lowest BCUT2D eigenvalue weighted by atomic mass is 9.84. The average Bonchev–Trinajstić information content (AvgIpc) is 2.73. The first-order chi connectivity index (χ1) is 9.63. The van der Waals surface area contributed by atoms with E-state index in [2.05, 4.69) is 51.1 Å². The Balaban J connectivity index is 2.61. The molecule has 116 valence electrons. The summed E-state index contributed by atoms with van der Waals surface area (Å²) in [5, 5.41) is 0. The van der Waals surface area contributed by atoms with Gasteiger partial charge in [-0.1, -0.05) is 20.8 Å². The van der Waals surface area contributed by atoms with Crippen LogP contribution in [0.5, 0.6) is 0 Å². The molecule has 0 amide bonds. The van der Waals surface area contributed by atoms with Gasteiger partial charge in [-0.15, -0.1) is 0 Å². The minimum atomic E-state index is -0.0310. The first kappa shape index (κ1) is 16.0. The Morgan fingerprint density at radius 3 is 2.38 bits per heavy atom. The second-order valence-corrected chi connectivity index (χ2v) is 8.04. The number of rotatable bonds is 3. The number of nitrogens with zero attached hydrogens (tertiary/aromatic N) is 3. The van der Waals surface area contributed by atoms with Gasteiger partial charge >= 0.3 is 0 Å². The molecule has 21 heavy (non-hydrogen) atoms. The zero-order valence-electron chi connectivity index (χ0n) is 14.1. The van der Waals surface area contributed by atoms with Gasteiger partial charge in [-0.25, -0.2) is 4.98 Å². The first-order valence-corrected chi connectivity index (χ1v) is 7.66. The molecule has 2 rings (SSSR count). The number of imidazole rings is 1. The average molecular weight is 288 g/mol. The molecule has 0 radical (unpaired) electrons. The van der Waals surface area contributed by atoms with Crippen LogP contribution in [-0.4, -0.2) is 21.1 Å². The quantitative estimate of drug-likeness (QED) is 0.937. The van der Waals surface area contributed by atoms with Gasteiger partial charge in [0.05, 0.1) is 11.7 Å². The Kier molecular flexibility index (Phi) is 4.11. The Labute approximate surface area is 127 Å². The van der Waals surface area contributed by atoms with Crippen LogP contribution in [0, 0.1) is 5.41 Å². The van der Waals surface area contributed by atoms with Gasteiger partial charge in [-0.3, -0.25) is 4.98 Å². The summed E-state index contributed by atoms with van der Waals surface area (Å²) in [6.07, 6.45) is 4.69. The Bertz CT molecular complexity index is 614. The number of fused-ring (bicyclic) bond motifs is 1. The molecule has 0 aliphatic carbocycles. The Hall–Kier alpha value is -1.42. The maximum atomic E-state index is 6.08. The molecule has 2 aromatic rings. The molecule has 1 unspecified atom stereocenters. The Morgan fingerprint density at radius 1 is 1.19 bits per heavy atom. The predicted octanol–water partition coefficient (Wildman–Crippen LogP) is 3.66. The van der Waals surface area contributed by atoms with Crippen LogP contribution in [0.3, 0.4) is 0 Å². The number of nitrogens with two attached hydrogens (primary N) is 1. The van der Waals surface area contributed by atoms with E-state index in [9.17, 15) is 0 Å². The van der Waals surface area contributed by atoms with Gasteiger partial charge in [0.15, 0.2) is 0 Å². The van der Waals surface area contributed by atoms with E-state index in [-0.39, 0.29) is 16.9 Å². The van der Waals surface area contributed by atoms with Crippen LogP contribution in [0.25, 0.3) is 11.0 Å². The molecule has 0 aliphatic heterocycles. The van der Waals surface area contributed by atoms with Crippen LogP contribution in [0.4, 0.5) is 0 Å². The van der Waals surface area contributed by atoms with Crippen molar-refractivity contribution in [2.24, 2.45) is 11.1 Å². The minimum Gasteiger partial charge on any atom is -0.330 e. The fourth-order valence-electron chi connectivity index (χ4n) is 2.95. The molecule has 0 spiro atoms. The topological polar surface area (TPSA) is 56.7 Å². The lowest BCUT2D eigenvalue weighted by Gasteiger charge is -2.30. The summed E-state index contributed by atoms with van der Waals surface area (Å²) in [6.45, 7) is 14.0. The van der Waals surface area contributed by atoms with Gasteiger partial charge in [-0.2, -0.15) is 0 Å². The maximum absolute atomic E-state index is 6.08. The molecule has 2 N–H and O–H groups in total. The summed E-state index contributed by atoms with van der Waals surface area (Å²) >= 11 is 0. The molecule has 0 fully saturated rings. The van der Waals surface area contributed by atoms with Gasteiger partial charge in [0.1, 0.15) is 11.3 Å². The predicted molar refractivity (Wildman–Crippen MR) is 88.4 cm³/mol. The van der Waals surface area contributed by atoms with Gasteiger partial charge < -0.3 is 10.3 Å². The molecule has 2 aromatic heterocycles. The van der Waals surface area contributed by atoms with Crippen molar-refractivity contribution in [3.63, 3.8) is 0 Å². The van der Waals surface area contributed by atoms with Crippen LogP contribution < -0.4 is 5.73 Å². The molecule has 4 nitrogen and oxygen atoms in total. The van der Waals surface area contributed by atoms with Gasteiger partial charge in [-0.05, 0) is 38.7 Å². The molecule has 0 saturated heterocycles. The summed E-state index contributed by atoms with van der Waals surface area (Å²) in [6, 6.07) is 2.04. The number of hydrogen-bond donors (Lipinski definition) is 1. The van der Waals surface area contributed by atoms with Crippen molar-refractivity contribution in [2.45, 2.75) is 59.4 Å². The van der Waals surface area contributed by atoms with Crippen molar-refractivity contribution in [1.82, 2.24) is 14.5 Å². The normalized spacial score (nSPS) is 14.6. The minimum absolute atomic E-state index is 0.0310. The van der Waals surface area contributed by atoms with E-state index < -0.39 is 0 Å². The third kappa shape index (κ3) is 3.43. The van der Waals surface area contributed by atoms with Crippen molar-refractivity contribution < 1.29 is 0 Å². The van der Waals surface area contributed by atoms with Gasteiger partial charge in [0, 0.05) is 24.2 Å². The van der Waals surface area contributed by atoms with Gasteiger partial charge in [0.2, 0.25) is 0 Å². The third-order valence-electron chi connectivity index (χ3n) is 3.66. The molecule has 0 aromatic carbocycles. The number of aromatic nitrogens is 3. The van der Waals surface area contributed by atoms with Crippen LogP contribution in [0.1, 0.15) is 59.7 Å². The maximum Gasteiger partial charge on any atom is 0.114 e. The second kappa shape index (κ2) is 5.41. The van der Waals surface area contributed by atoms with E-state index in [4.69, 9.17) is 10.7 Å². The monoisotopic (exact) mass is 288 g/mol. The van der Waals surface area contributed by atoms with E-state index in [1.165, 1.54) is 0 Å². The van der Waals surface area contributed by atoms with Crippen molar-refractivity contribution >= 4 is 11.0 Å². The zero-order chi connectivity index (χ0) is 15.8. The van der Waals surface area contributed by atoms with E-state index in [1.54, 1.807) is 0 Å². The van der Waals surface area contributed by atoms with Crippen LogP contribution >= 0.6 is 0 Å². The summed E-state index contributed by atoms with van der Waals surface area (Å²) in [7, 11) is 0. The molecule has 0 saturated carbocycles. The SMILES string of the molecule is CC(C)(C)CC(CN)c1nc2cnccc2n1C(C)(C)C. The van der Waals surface area contributed by atoms with Crippen molar-refractivity contribution in [2.75, 3.05) is 6.54 Å². The largest absolute Gasteiger partial charge is 0.330 e. The lowest BCUT2D eigenvalue weighted by Crippen LogP contribution is -2.29. The highest BCUT2D eigenvalue weighted by molar-refractivity contribution is 5.75. The molecule has 0 aliphatic rings. The summed E-state index contributed by atoms with van der Waals surface area (Å²) in [5.74, 6) is 1.35. The lowest BCUT2D eigenvalue weighted by molar-refractivity contribution is 0.314. The highest BCUT2D eigenvalue weighted by atomic mass is 15.1. The standard InChI is InChI=1S/C17H28N4/c1-16(2,3)9-12(10-18)15-20-13-11-19-8-7-14(13)21(15)17(4,5)6/h7-8,11-12H,9-10,18H2,1-6H3. The number of hydrogen-bond acceptors (Lipinski definition) is 3. The highest BCUT2D eigenvalue weighted by Gasteiger charge is 2.28. The molecule has 2 heterocycles. The third-order valence-corrected chi connectivity index (χ3v) is 3.66. The van der Waals surface area contributed by atoms with E-state index in [0.29, 0.717) is 6.54 Å². The second-order valence-electron chi connectivity index (χ2n) is 8.04. The molecule has 1 atom stereocenters. The zero-order valence-corrected chi connectivity index (χ0v) is 14.1. The molecule has 0 bridgehead atoms.